The second-order valence-electron chi connectivity index (χ2n) is 8.04. The first-order valence-corrected chi connectivity index (χ1v) is 12.6. The fourth-order valence-corrected chi connectivity index (χ4v) is 5.09. The zero-order valence-electron chi connectivity index (χ0n) is 18.1. The van der Waals surface area contributed by atoms with Gasteiger partial charge in [0, 0.05) is 37.7 Å². The number of carbonyl (C=O) groups excluding carboxylic acids is 1. The Morgan fingerprint density at radius 2 is 1.78 bits per heavy atom. The van der Waals surface area contributed by atoms with E-state index in [0.717, 1.165) is 34.2 Å². The molecule has 1 saturated heterocycles. The van der Waals surface area contributed by atoms with Gasteiger partial charge in [0.1, 0.15) is 6.54 Å². The quantitative estimate of drug-likeness (QED) is 0.633. The summed E-state index contributed by atoms with van der Waals surface area (Å²) >= 11 is 6.00. The van der Waals surface area contributed by atoms with Gasteiger partial charge < -0.3 is 14.4 Å². The van der Waals surface area contributed by atoms with Gasteiger partial charge in [0.2, 0.25) is 22.7 Å². The first-order chi connectivity index (χ1) is 15.2. The Morgan fingerprint density at radius 3 is 2.47 bits per heavy atom. The number of sulfonamides is 1. The molecule has 0 atom stereocenters. The Hall–Kier alpha value is -2.49. The van der Waals surface area contributed by atoms with E-state index in [0.29, 0.717) is 42.5 Å². The number of anilines is 1. The molecule has 0 radical (unpaired) electrons. The molecule has 0 bridgehead atoms. The maximum atomic E-state index is 12.9. The van der Waals surface area contributed by atoms with Crippen molar-refractivity contribution in [2.24, 2.45) is 0 Å². The predicted molar refractivity (Wildman–Crippen MR) is 123 cm³/mol. The summed E-state index contributed by atoms with van der Waals surface area (Å²) in [4.78, 5) is 16.9. The lowest BCUT2D eigenvalue weighted by molar-refractivity contribution is -0.131. The molecule has 0 saturated carbocycles. The number of rotatable bonds is 6. The summed E-state index contributed by atoms with van der Waals surface area (Å²) in [5.74, 6) is 1.30. The van der Waals surface area contributed by atoms with Crippen molar-refractivity contribution >= 4 is 33.2 Å². The van der Waals surface area contributed by atoms with Gasteiger partial charge in [-0.2, -0.15) is 0 Å². The summed E-state index contributed by atoms with van der Waals surface area (Å²) in [5, 5.41) is 0.518. The van der Waals surface area contributed by atoms with Gasteiger partial charge in [0.15, 0.2) is 11.5 Å². The molecule has 8 nitrogen and oxygen atoms in total. The van der Waals surface area contributed by atoms with Crippen LogP contribution in [0, 0.1) is 6.92 Å². The molecule has 32 heavy (non-hydrogen) atoms. The molecule has 1 amide bonds. The van der Waals surface area contributed by atoms with Crippen molar-refractivity contribution in [2.45, 2.75) is 13.5 Å². The van der Waals surface area contributed by atoms with Crippen LogP contribution in [0.4, 0.5) is 5.69 Å². The minimum atomic E-state index is -3.63. The highest BCUT2D eigenvalue weighted by molar-refractivity contribution is 7.92. The Labute approximate surface area is 193 Å². The summed E-state index contributed by atoms with van der Waals surface area (Å²) in [5.41, 5.74) is 2.28. The van der Waals surface area contributed by atoms with Crippen LogP contribution in [0.1, 0.15) is 11.1 Å². The van der Waals surface area contributed by atoms with Crippen LogP contribution in [0.3, 0.4) is 0 Å². The molecule has 0 spiro atoms. The highest BCUT2D eigenvalue weighted by Gasteiger charge is 2.27. The van der Waals surface area contributed by atoms with Crippen LogP contribution in [0.2, 0.25) is 5.02 Å². The van der Waals surface area contributed by atoms with E-state index in [2.05, 4.69) is 4.90 Å². The molecule has 172 valence electrons. The summed E-state index contributed by atoms with van der Waals surface area (Å²) in [6.07, 6.45) is 1.11. The van der Waals surface area contributed by atoms with Crippen LogP contribution < -0.4 is 13.8 Å². The minimum Gasteiger partial charge on any atom is -0.454 e. The Kier molecular flexibility index (Phi) is 6.50. The van der Waals surface area contributed by atoms with E-state index in [4.69, 9.17) is 21.1 Å². The molecule has 2 aromatic carbocycles. The molecule has 0 unspecified atom stereocenters. The van der Waals surface area contributed by atoms with Crippen LogP contribution in [0.25, 0.3) is 0 Å². The number of ether oxygens (including phenoxy) is 2. The van der Waals surface area contributed by atoms with Crippen molar-refractivity contribution in [3.05, 3.63) is 52.5 Å². The molecule has 1 fully saturated rings. The molecule has 2 heterocycles. The van der Waals surface area contributed by atoms with E-state index in [1.54, 1.807) is 30.0 Å². The lowest BCUT2D eigenvalue weighted by Gasteiger charge is -2.36. The van der Waals surface area contributed by atoms with Gasteiger partial charge >= 0.3 is 0 Å². The highest BCUT2D eigenvalue weighted by atomic mass is 35.5. The molecule has 2 aromatic rings. The minimum absolute atomic E-state index is 0.215. The Morgan fingerprint density at radius 1 is 1.06 bits per heavy atom. The second-order valence-corrected chi connectivity index (χ2v) is 10.4. The van der Waals surface area contributed by atoms with E-state index >= 15 is 0 Å². The standard InChI is InChI=1S/C22H26ClN3O5S/c1-16-11-18(23)4-5-19(16)26(32(2,28)29)14-22(27)25-9-7-24(8-10-25)13-17-3-6-20-21(12-17)31-15-30-20/h3-6,11-12H,7-10,13-15H2,1-2H3. The van der Waals surface area contributed by atoms with Crippen LogP contribution >= 0.6 is 11.6 Å². The van der Waals surface area contributed by atoms with Crippen molar-refractivity contribution in [3.63, 3.8) is 0 Å². The number of aryl methyl sites for hydroxylation is 1. The Bertz CT molecular complexity index is 1120. The third kappa shape index (κ3) is 5.11. The number of piperazine rings is 1. The molecule has 0 N–H and O–H groups in total. The SMILES string of the molecule is Cc1cc(Cl)ccc1N(CC(=O)N1CCN(Cc2ccc3c(c2)OCO3)CC1)S(C)(=O)=O. The molecular formula is C22H26ClN3O5S. The average Bonchev–Trinajstić information content (AvgIpc) is 3.20. The van der Waals surface area contributed by atoms with Crippen LogP contribution in [-0.2, 0) is 21.4 Å². The fraction of sp³-hybridized carbons (Fsp3) is 0.409. The third-order valence-corrected chi connectivity index (χ3v) is 7.04. The summed E-state index contributed by atoms with van der Waals surface area (Å²) in [7, 11) is -3.63. The normalized spacial score (nSPS) is 16.3. The fourth-order valence-electron chi connectivity index (χ4n) is 3.96. The molecule has 10 heteroatoms. The van der Waals surface area contributed by atoms with Crippen molar-refractivity contribution < 1.29 is 22.7 Å². The number of benzene rings is 2. The number of nitrogens with zero attached hydrogens (tertiary/aromatic N) is 3. The van der Waals surface area contributed by atoms with Gasteiger partial charge in [-0.25, -0.2) is 8.42 Å². The molecule has 2 aliphatic rings. The maximum Gasteiger partial charge on any atom is 0.243 e. The molecule has 0 aliphatic carbocycles. The molecule has 4 rings (SSSR count). The van der Waals surface area contributed by atoms with Crippen molar-refractivity contribution in [1.29, 1.82) is 0 Å². The molecule has 2 aliphatic heterocycles. The van der Waals surface area contributed by atoms with Crippen molar-refractivity contribution in [2.75, 3.05) is 50.1 Å². The van der Waals surface area contributed by atoms with E-state index < -0.39 is 10.0 Å². The van der Waals surface area contributed by atoms with Gasteiger partial charge in [0.25, 0.3) is 0 Å². The number of hydrogen-bond donors (Lipinski definition) is 0. The first kappa shape index (κ1) is 22.7. The largest absolute Gasteiger partial charge is 0.454 e. The average molecular weight is 480 g/mol. The lowest BCUT2D eigenvalue weighted by Crippen LogP contribution is -2.51. The number of halogens is 1. The van der Waals surface area contributed by atoms with Gasteiger partial charge in [-0.1, -0.05) is 17.7 Å². The van der Waals surface area contributed by atoms with Crippen molar-refractivity contribution in [1.82, 2.24) is 9.80 Å². The zero-order valence-corrected chi connectivity index (χ0v) is 19.7. The third-order valence-electron chi connectivity index (χ3n) is 5.67. The number of fused-ring (bicyclic) bond motifs is 1. The van der Waals surface area contributed by atoms with Gasteiger partial charge in [-0.3, -0.25) is 14.0 Å². The van der Waals surface area contributed by atoms with Crippen LogP contribution in [0.15, 0.2) is 36.4 Å². The Balaban J connectivity index is 1.37. The zero-order chi connectivity index (χ0) is 22.9. The molecular weight excluding hydrogens is 454 g/mol. The van der Waals surface area contributed by atoms with Crippen molar-refractivity contribution in [3.8, 4) is 11.5 Å². The maximum absolute atomic E-state index is 12.9. The van der Waals surface area contributed by atoms with E-state index in [1.165, 1.54) is 0 Å². The van der Waals surface area contributed by atoms with Crippen LogP contribution in [-0.4, -0.2) is 69.9 Å². The van der Waals surface area contributed by atoms with Crippen LogP contribution in [0.5, 0.6) is 11.5 Å². The highest BCUT2D eigenvalue weighted by Crippen LogP contribution is 2.33. The van der Waals surface area contributed by atoms with E-state index in [1.807, 2.05) is 18.2 Å². The lowest BCUT2D eigenvalue weighted by atomic mass is 10.1. The molecule has 0 aromatic heterocycles. The van der Waals surface area contributed by atoms with E-state index in [-0.39, 0.29) is 19.2 Å². The summed E-state index contributed by atoms with van der Waals surface area (Å²) in [6, 6.07) is 10.9. The summed E-state index contributed by atoms with van der Waals surface area (Å²) < 4.78 is 36.8. The first-order valence-electron chi connectivity index (χ1n) is 10.3. The van der Waals surface area contributed by atoms with Gasteiger partial charge in [-0.15, -0.1) is 0 Å². The summed E-state index contributed by atoms with van der Waals surface area (Å²) in [6.45, 7) is 5.04. The van der Waals surface area contributed by atoms with Gasteiger partial charge in [0.05, 0.1) is 11.9 Å². The smallest absolute Gasteiger partial charge is 0.243 e. The second kappa shape index (κ2) is 9.17. The number of hydrogen-bond acceptors (Lipinski definition) is 6. The van der Waals surface area contributed by atoms with E-state index in [9.17, 15) is 13.2 Å². The topological polar surface area (TPSA) is 79.4 Å². The predicted octanol–water partition coefficient (Wildman–Crippen LogP) is 2.49. The van der Waals surface area contributed by atoms with Gasteiger partial charge in [-0.05, 0) is 48.4 Å². The number of amides is 1. The number of carbonyl (C=O) groups is 1. The monoisotopic (exact) mass is 479 g/mol.